The molecule has 0 radical (unpaired) electrons. The molecule has 13 heavy (non-hydrogen) atoms. The first-order valence-electron chi connectivity index (χ1n) is 3.57. The number of H-pyrrole nitrogens is 1. The van der Waals surface area contributed by atoms with Crippen LogP contribution in [0.25, 0.3) is 11.2 Å². The standard InChI is InChI=1S/C7H7N3O2S/c1-13(11,12)5-2-3-8-7-6(5)9-4-10-7/h2-4H,1H3,(H,8,9,10). The highest BCUT2D eigenvalue weighted by molar-refractivity contribution is 7.91. The van der Waals surface area contributed by atoms with Crippen molar-refractivity contribution in [3.63, 3.8) is 0 Å². The topological polar surface area (TPSA) is 75.7 Å². The number of pyridine rings is 1. The number of rotatable bonds is 1. The molecule has 5 nitrogen and oxygen atoms in total. The molecule has 2 aromatic rings. The van der Waals surface area contributed by atoms with Crippen molar-refractivity contribution in [3.8, 4) is 0 Å². The molecule has 2 rings (SSSR count). The monoisotopic (exact) mass is 197 g/mol. The van der Waals surface area contributed by atoms with Gasteiger partial charge in [-0.3, -0.25) is 0 Å². The van der Waals surface area contributed by atoms with Crippen LogP contribution in [0.3, 0.4) is 0 Å². The summed E-state index contributed by atoms with van der Waals surface area (Å²) in [5.41, 5.74) is 0.882. The lowest BCUT2D eigenvalue weighted by Crippen LogP contribution is -1.98. The molecular formula is C7H7N3O2S. The van der Waals surface area contributed by atoms with Gasteiger partial charge >= 0.3 is 0 Å². The Hall–Kier alpha value is -1.43. The van der Waals surface area contributed by atoms with Crippen molar-refractivity contribution >= 4 is 21.0 Å². The van der Waals surface area contributed by atoms with Crippen LogP contribution in [0.2, 0.25) is 0 Å². The fraction of sp³-hybridized carbons (Fsp3) is 0.143. The third kappa shape index (κ3) is 1.29. The summed E-state index contributed by atoms with van der Waals surface area (Å²) in [7, 11) is -3.21. The molecule has 0 aliphatic rings. The van der Waals surface area contributed by atoms with E-state index in [4.69, 9.17) is 0 Å². The average molecular weight is 197 g/mol. The van der Waals surface area contributed by atoms with Crippen LogP contribution in [0.15, 0.2) is 23.5 Å². The number of imidazole rings is 1. The molecule has 0 aliphatic heterocycles. The van der Waals surface area contributed by atoms with E-state index >= 15 is 0 Å². The smallest absolute Gasteiger partial charge is 0.178 e. The molecule has 6 heteroatoms. The minimum absolute atomic E-state index is 0.231. The molecule has 1 N–H and O–H groups in total. The largest absolute Gasteiger partial charge is 0.342 e. The first-order valence-corrected chi connectivity index (χ1v) is 5.46. The lowest BCUT2D eigenvalue weighted by atomic mass is 10.4. The molecule has 0 aromatic carbocycles. The predicted octanol–water partition coefficient (Wildman–Crippen LogP) is 0.361. The predicted molar refractivity (Wildman–Crippen MR) is 47.0 cm³/mol. The van der Waals surface area contributed by atoms with E-state index in [1.807, 2.05) is 0 Å². The third-order valence-electron chi connectivity index (χ3n) is 1.69. The van der Waals surface area contributed by atoms with E-state index in [1.165, 1.54) is 18.6 Å². The molecule has 2 aromatic heterocycles. The van der Waals surface area contributed by atoms with Crippen LogP contribution in [-0.4, -0.2) is 29.6 Å². The number of aromatic nitrogens is 3. The highest BCUT2D eigenvalue weighted by Crippen LogP contribution is 2.16. The molecule has 0 unspecified atom stereocenters. The Labute approximate surface area is 74.8 Å². The van der Waals surface area contributed by atoms with Crippen molar-refractivity contribution in [2.24, 2.45) is 0 Å². The number of sulfone groups is 1. The summed E-state index contributed by atoms with van der Waals surface area (Å²) in [6, 6.07) is 1.45. The summed E-state index contributed by atoms with van der Waals surface area (Å²) in [6.45, 7) is 0. The Kier molecular flexibility index (Phi) is 1.59. The van der Waals surface area contributed by atoms with Gasteiger partial charge in [-0.25, -0.2) is 18.4 Å². The van der Waals surface area contributed by atoms with E-state index in [2.05, 4.69) is 15.0 Å². The lowest BCUT2D eigenvalue weighted by molar-refractivity contribution is 0.602. The van der Waals surface area contributed by atoms with Crippen molar-refractivity contribution in [1.29, 1.82) is 0 Å². The first kappa shape index (κ1) is 8.18. The van der Waals surface area contributed by atoms with E-state index < -0.39 is 9.84 Å². The van der Waals surface area contributed by atoms with Crippen LogP contribution < -0.4 is 0 Å². The Morgan fingerprint density at radius 3 is 2.85 bits per heavy atom. The van der Waals surface area contributed by atoms with Gasteiger partial charge in [-0.2, -0.15) is 0 Å². The lowest BCUT2D eigenvalue weighted by Gasteiger charge is -1.97. The fourth-order valence-electron chi connectivity index (χ4n) is 1.13. The third-order valence-corrected chi connectivity index (χ3v) is 2.83. The molecular weight excluding hydrogens is 190 g/mol. The van der Waals surface area contributed by atoms with Crippen LogP contribution in [0.5, 0.6) is 0 Å². The van der Waals surface area contributed by atoms with Crippen molar-refractivity contribution in [2.75, 3.05) is 6.26 Å². The van der Waals surface area contributed by atoms with Gasteiger partial charge in [0.25, 0.3) is 0 Å². The van der Waals surface area contributed by atoms with Crippen LogP contribution in [0.4, 0.5) is 0 Å². The van der Waals surface area contributed by atoms with Gasteiger partial charge in [0, 0.05) is 12.5 Å². The summed E-state index contributed by atoms with van der Waals surface area (Å²) in [6.07, 6.45) is 4.01. The Morgan fingerprint density at radius 2 is 2.15 bits per heavy atom. The molecule has 0 saturated carbocycles. The minimum atomic E-state index is -3.21. The first-order chi connectivity index (χ1) is 6.09. The second-order valence-corrected chi connectivity index (χ2v) is 4.67. The van der Waals surface area contributed by atoms with Crippen LogP contribution in [0, 0.1) is 0 Å². The summed E-state index contributed by atoms with van der Waals surface area (Å²) in [5, 5.41) is 0. The minimum Gasteiger partial charge on any atom is -0.342 e. The summed E-state index contributed by atoms with van der Waals surface area (Å²) in [5.74, 6) is 0. The molecule has 0 amide bonds. The van der Waals surface area contributed by atoms with Gasteiger partial charge < -0.3 is 4.98 Å². The summed E-state index contributed by atoms with van der Waals surface area (Å²) < 4.78 is 22.5. The van der Waals surface area contributed by atoms with Gasteiger partial charge in [-0.15, -0.1) is 0 Å². The molecule has 2 heterocycles. The molecule has 0 spiro atoms. The maximum Gasteiger partial charge on any atom is 0.178 e. The Bertz CT molecular complexity index is 544. The van der Waals surface area contributed by atoms with Gasteiger partial charge in [0.2, 0.25) is 0 Å². The molecule has 68 valence electrons. The maximum atomic E-state index is 11.3. The fourth-order valence-corrected chi connectivity index (χ4v) is 1.96. The van der Waals surface area contributed by atoms with Crippen molar-refractivity contribution in [2.45, 2.75) is 4.90 Å². The number of hydrogen-bond acceptors (Lipinski definition) is 4. The highest BCUT2D eigenvalue weighted by Gasteiger charge is 2.12. The van der Waals surface area contributed by atoms with Gasteiger partial charge in [0.1, 0.15) is 5.52 Å². The van der Waals surface area contributed by atoms with Gasteiger partial charge in [0.15, 0.2) is 15.5 Å². The zero-order chi connectivity index (χ0) is 9.47. The zero-order valence-corrected chi connectivity index (χ0v) is 7.67. The summed E-state index contributed by atoms with van der Waals surface area (Å²) in [4.78, 5) is 10.7. The normalized spacial score (nSPS) is 12.1. The quantitative estimate of drug-likeness (QED) is 0.716. The van der Waals surface area contributed by atoms with E-state index in [0.717, 1.165) is 6.26 Å². The molecule has 0 saturated heterocycles. The SMILES string of the molecule is CS(=O)(=O)c1ccnc2nc[nH]c12. The van der Waals surface area contributed by atoms with E-state index in [0.29, 0.717) is 11.2 Å². The second-order valence-electron chi connectivity index (χ2n) is 2.68. The number of nitrogens with one attached hydrogen (secondary N) is 1. The zero-order valence-electron chi connectivity index (χ0n) is 6.85. The number of hydrogen-bond donors (Lipinski definition) is 1. The maximum absolute atomic E-state index is 11.3. The van der Waals surface area contributed by atoms with Crippen molar-refractivity contribution in [1.82, 2.24) is 15.0 Å². The number of aromatic amines is 1. The highest BCUT2D eigenvalue weighted by atomic mass is 32.2. The molecule has 0 fully saturated rings. The van der Waals surface area contributed by atoms with Crippen molar-refractivity contribution in [3.05, 3.63) is 18.6 Å². The molecule has 0 aliphatic carbocycles. The van der Waals surface area contributed by atoms with Gasteiger partial charge in [-0.05, 0) is 6.07 Å². The van der Waals surface area contributed by atoms with Gasteiger partial charge in [-0.1, -0.05) is 0 Å². The van der Waals surface area contributed by atoms with E-state index in [1.54, 1.807) is 0 Å². The second kappa shape index (κ2) is 2.53. The average Bonchev–Trinajstić information content (AvgIpc) is 2.48. The number of fused-ring (bicyclic) bond motifs is 1. The Balaban J connectivity index is 2.91. The van der Waals surface area contributed by atoms with Crippen LogP contribution in [-0.2, 0) is 9.84 Å². The summed E-state index contributed by atoms with van der Waals surface area (Å²) >= 11 is 0. The van der Waals surface area contributed by atoms with Crippen LogP contribution in [0.1, 0.15) is 0 Å². The number of nitrogens with zero attached hydrogens (tertiary/aromatic N) is 2. The molecule has 0 atom stereocenters. The Morgan fingerprint density at radius 1 is 1.38 bits per heavy atom. The van der Waals surface area contributed by atoms with E-state index in [9.17, 15) is 8.42 Å². The van der Waals surface area contributed by atoms with Crippen molar-refractivity contribution < 1.29 is 8.42 Å². The molecule has 0 bridgehead atoms. The van der Waals surface area contributed by atoms with Gasteiger partial charge in [0.05, 0.1) is 11.2 Å². The van der Waals surface area contributed by atoms with Crippen LogP contribution >= 0.6 is 0 Å². The van der Waals surface area contributed by atoms with E-state index in [-0.39, 0.29) is 4.90 Å².